The van der Waals surface area contributed by atoms with E-state index < -0.39 is 35.1 Å². The Morgan fingerprint density at radius 2 is 1.26 bits per heavy atom. The predicted molar refractivity (Wildman–Crippen MR) is 71.6 cm³/mol. The Labute approximate surface area is 128 Å². The molecule has 2 aromatic rings. The molecule has 0 aromatic heterocycles. The second-order valence-corrected chi connectivity index (χ2v) is 5.04. The normalized spacial score (nSPS) is 13.9. The van der Waals surface area contributed by atoms with Gasteiger partial charge in [0.05, 0.1) is 17.2 Å². The molecule has 0 bridgehead atoms. The zero-order chi connectivity index (χ0) is 17.3. The van der Waals surface area contributed by atoms with Gasteiger partial charge in [0.15, 0.2) is 0 Å². The minimum Gasteiger partial charge on any atom is -0.388 e. The second kappa shape index (κ2) is 6.23. The van der Waals surface area contributed by atoms with Crippen molar-refractivity contribution >= 4 is 0 Å². The van der Waals surface area contributed by atoms with E-state index in [9.17, 15) is 31.4 Å². The van der Waals surface area contributed by atoms with Crippen molar-refractivity contribution in [2.45, 2.75) is 24.9 Å². The highest BCUT2D eigenvalue weighted by Crippen LogP contribution is 2.37. The van der Waals surface area contributed by atoms with Gasteiger partial charge >= 0.3 is 12.4 Å². The lowest BCUT2D eigenvalue weighted by Gasteiger charge is -2.17. The zero-order valence-electron chi connectivity index (χ0n) is 11.6. The van der Waals surface area contributed by atoms with Crippen molar-refractivity contribution < 1.29 is 31.4 Å². The lowest BCUT2D eigenvalue weighted by Crippen LogP contribution is -2.13. The Balaban J connectivity index is 2.40. The fourth-order valence-electron chi connectivity index (χ4n) is 2.13. The Morgan fingerprint density at radius 3 is 1.70 bits per heavy atom. The van der Waals surface area contributed by atoms with Crippen molar-refractivity contribution in [1.82, 2.24) is 0 Å². The van der Waals surface area contributed by atoms with Crippen LogP contribution in [0.15, 0.2) is 48.5 Å². The van der Waals surface area contributed by atoms with Crippen LogP contribution in [-0.2, 0) is 18.8 Å². The summed E-state index contributed by atoms with van der Waals surface area (Å²) in [6, 6.07) is 9.42. The number of halogens is 6. The summed E-state index contributed by atoms with van der Waals surface area (Å²) in [5, 5.41) is 10.0. The van der Waals surface area contributed by atoms with Gasteiger partial charge in [-0.3, -0.25) is 0 Å². The third-order valence-corrected chi connectivity index (χ3v) is 3.27. The third kappa shape index (κ3) is 4.48. The summed E-state index contributed by atoms with van der Waals surface area (Å²) >= 11 is 0. The van der Waals surface area contributed by atoms with Crippen molar-refractivity contribution in [2.24, 2.45) is 0 Å². The highest BCUT2D eigenvalue weighted by molar-refractivity contribution is 5.35. The summed E-state index contributed by atoms with van der Waals surface area (Å²) in [4.78, 5) is 0. The van der Waals surface area contributed by atoms with E-state index in [1.807, 2.05) is 0 Å². The van der Waals surface area contributed by atoms with Gasteiger partial charge in [-0.05, 0) is 29.3 Å². The molecule has 0 radical (unpaired) electrons. The number of aliphatic hydroxyl groups excluding tert-OH is 1. The lowest BCUT2D eigenvalue weighted by atomic mass is 9.97. The van der Waals surface area contributed by atoms with Gasteiger partial charge in [-0.1, -0.05) is 30.3 Å². The van der Waals surface area contributed by atoms with Gasteiger partial charge in [0.1, 0.15) is 0 Å². The molecule has 0 spiro atoms. The number of hydrogen-bond acceptors (Lipinski definition) is 1. The number of alkyl halides is 6. The maximum atomic E-state index is 12.8. The second-order valence-electron chi connectivity index (χ2n) is 5.04. The van der Waals surface area contributed by atoms with E-state index in [1.165, 1.54) is 0 Å². The van der Waals surface area contributed by atoms with Gasteiger partial charge in [-0.25, -0.2) is 0 Å². The van der Waals surface area contributed by atoms with Gasteiger partial charge in [-0.2, -0.15) is 26.3 Å². The average Bonchev–Trinajstić information content (AvgIpc) is 2.46. The zero-order valence-corrected chi connectivity index (χ0v) is 11.6. The summed E-state index contributed by atoms with van der Waals surface area (Å²) < 4.78 is 76.7. The topological polar surface area (TPSA) is 20.2 Å². The van der Waals surface area contributed by atoms with E-state index in [2.05, 4.69) is 0 Å². The molecule has 2 rings (SSSR count). The van der Waals surface area contributed by atoms with Crippen molar-refractivity contribution in [2.75, 3.05) is 0 Å². The van der Waals surface area contributed by atoms with E-state index in [4.69, 9.17) is 0 Å². The Kier molecular flexibility index (Phi) is 4.70. The highest BCUT2D eigenvalue weighted by atomic mass is 19.4. The van der Waals surface area contributed by atoms with Crippen LogP contribution in [0.3, 0.4) is 0 Å². The molecule has 1 N–H and O–H groups in total. The van der Waals surface area contributed by atoms with Crippen molar-refractivity contribution in [3.05, 3.63) is 70.8 Å². The molecule has 23 heavy (non-hydrogen) atoms. The summed E-state index contributed by atoms with van der Waals surface area (Å²) in [5.74, 6) is 0. The largest absolute Gasteiger partial charge is 0.416 e. The van der Waals surface area contributed by atoms with Gasteiger partial charge in [0.2, 0.25) is 0 Å². The number of hydrogen-bond donors (Lipinski definition) is 1. The van der Waals surface area contributed by atoms with Crippen LogP contribution in [0.25, 0.3) is 0 Å². The van der Waals surface area contributed by atoms with Crippen LogP contribution < -0.4 is 0 Å². The first-order valence-corrected chi connectivity index (χ1v) is 6.59. The van der Waals surface area contributed by atoms with Crippen molar-refractivity contribution in [1.29, 1.82) is 0 Å². The Morgan fingerprint density at radius 1 is 0.783 bits per heavy atom. The minimum absolute atomic E-state index is 0.0404. The Hall–Kier alpha value is -2.02. The average molecular weight is 334 g/mol. The molecule has 0 fully saturated rings. The molecule has 0 unspecified atom stereocenters. The number of benzene rings is 2. The molecule has 124 valence electrons. The fraction of sp³-hybridized carbons (Fsp3) is 0.250. The molecule has 0 amide bonds. The van der Waals surface area contributed by atoms with Gasteiger partial charge in [-0.15, -0.1) is 0 Å². The van der Waals surface area contributed by atoms with E-state index in [1.54, 1.807) is 30.3 Å². The van der Waals surface area contributed by atoms with Crippen LogP contribution in [-0.4, -0.2) is 5.11 Å². The highest BCUT2D eigenvalue weighted by Gasteiger charge is 2.37. The molecule has 0 aliphatic carbocycles. The van der Waals surface area contributed by atoms with E-state index in [0.29, 0.717) is 17.7 Å². The Bertz CT molecular complexity index is 628. The summed E-state index contributed by atoms with van der Waals surface area (Å²) in [7, 11) is 0. The molecule has 2 aromatic carbocycles. The minimum atomic E-state index is -4.93. The van der Waals surface area contributed by atoms with Crippen molar-refractivity contribution in [3.63, 3.8) is 0 Å². The van der Waals surface area contributed by atoms with Crippen molar-refractivity contribution in [3.8, 4) is 0 Å². The molecule has 0 aliphatic rings. The standard InChI is InChI=1S/C16H12F6O/c17-15(18,19)12-7-11(8-13(9-12)16(20,21)22)14(23)6-10-4-2-1-3-5-10/h1-5,7-9,14,23H,6H2/t14-/m1/s1. The smallest absolute Gasteiger partial charge is 0.388 e. The first-order chi connectivity index (χ1) is 10.6. The molecule has 7 heteroatoms. The molecular weight excluding hydrogens is 322 g/mol. The van der Waals surface area contributed by atoms with Crippen LogP contribution in [0.1, 0.15) is 28.4 Å². The van der Waals surface area contributed by atoms with E-state index in [0.717, 1.165) is 0 Å². The SMILES string of the molecule is O[C@H](Cc1ccccc1)c1cc(C(F)(F)F)cc(C(F)(F)F)c1. The molecule has 1 nitrogen and oxygen atoms in total. The van der Waals surface area contributed by atoms with Crippen LogP contribution in [0, 0.1) is 0 Å². The fourth-order valence-corrected chi connectivity index (χ4v) is 2.13. The maximum Gasteiger partial charge on any atom is 0.416 e. The molecular formula is C16H12F6O. The van der Waals surface area contributed by atoms with Crippen LogP contribution in [0.5, 0.6) is 0 Å². The van der Waals surface area contributed by atoms with Crippen LogP contribution in [0.4, 0.5) is 26.3 Å². The lowest BCUT2D eigenvalue weighted by molar-refractivity contribution is -0.143. The summed E-state index contributed by atoms with van der Waals surface area (Å²) in [5.41, 5.74) is -2.69. The number of aliphatic hydroxyl groups is 1. The molecule has 0 saturated carbocycles. The van der Waals surface area contributed by atoms with Crippen LogP contribution >= 0.6 is 0 Å². The predicted octanol–water partition coefficient (Wildman–Crippen LogP) is 5.00. The first kappa shape index (κ1) is 17.3. The molecule has 0 aliphatic heterocycles. The first-order valence-electron chi connectivity index (χ1n) is 6.59. The maximum absolute atomic E-state index is 12.8. The van der Waals surface area contributed by atoms with Gasteiger partial charge in [0, 0.05) is 6.42 Å². The third-order valence-electron chi connectivity index (χ3n) is 3.27. The summed E-state index contributed by atoms with van der Waals surface area (Å²) in [6.07, 6.45) is -11.4. The van der Waals surface area contributed by atoms with Gasteiger partial charge in [0.25, 0.3) is 0 Å². The van der Waals surface area contributed by atoms with E-state index >= 15 is 0 Å². The quantitative estimate of drug-likeness (QED) is 0.783. The molecule has 1 atom stereocenters. The van der Waals surface area contributed by atoms with Crippen LogP contribution in [0.2, 0.25) is 0 Å². The number of rotatable bonds is 3. The van der Waals surface area contributed by atoms with E-state index in [-0.39, 0.29) is 12.5 Å². The summed E-state index contributed by atoms with van der Waals surface area (Å²) in [6.45, 7) is 0. The monoisotopic (exact) mass is 334 g/mol. The molecule has 0 saturated heterocycles. The van der Waals surface area contributed by atoms with Gasteiger partial charge < -0.3 is 5.11 Å². The molecule has 0 heterocycles.